The van der Waals surface area contributed by atoms with Gasteiger partial charge in [-0.15, -0.1) is 0 Å². The molecule has 0 fully saturated rings. The maximum Gasteiger partial charge on any atom is 0.258 e. The average Bonchev–Trinajstić information content (AvgIpc) is 3.23. The van der Waals surface area contributed by atoms with Crippen molar-refractivity contribution in [3.05, 3.63) is 89.7 Å². The lowest BCUT2D eigenvalue weighted by Gasteiger charge is -2.11. The minimum Gasteiger partial charge on any atom is -0.436 e. The predicted octanol–water partition coefficient (Wildman–Crippen LogP) is 5.82. The van der Waals surface area contributed by atoms with Crippen molar-refractivity contribution >= 4 is 62.4 Å². The number of halogens is 1. The number of nitrogens with one attached hydrogen (secondary N) is 2. The highest BCUT2D eigenvalue weighted by molar-refractivity contribution is 7.80. The molecule has 0 saturated carbocycles. The quantitative estimate of drug-likeness (QED) is 0.331. The van der Waals surface area contributed by atoms with Crippen molar-refractivity contribution in [2.75, 3.05) is 5.32 Å². The first kappa shape index (κ1) is 20.1. The molecule has 0 aliphatic heterocycles. The van der Waals surface area contributed by atoms with Gasteiger partial charge in [0.2, 0.25) is 5.89 Å². The van der Waals surface area contributed by atoms with Crippen molar-refractivity contribution < 1.29 is 9.21 Å². The minimum atomic E-state index is -0.321. The summed E-state index contributed by atoms with van der Waals surface area (Å²) in [5, 5.41) is 8.07. The molecular weight excluding hydrogens is 444 g/mol. The summed E-state index contributed by atoms with van der Waals surface area (Å²) in [7, 11) is 0. The van der Waals surface area contributed by atoms with Crippen LogP contribution in [0.4, 0.5) is 5.69 Å². The number of fused-ring (bicyclic) bond motifs is 2. The third-order valence-electron chi connectivity index (χ3n) is 4.91. The number of pyridine rings is 1. The van der Waals surface area contributed by atoms with E-state index in [1.54, 1.807) is 48.8 Å². The molecule has 0 spiro atoms. The second-order valence-electron chi connectivity index (χ2n) is 6.99. The minimum absolute atomic E-state index is 0.172. The van der Waals surface area contributed by atoms with E-state index < -0.39 is 0 Å². The summed E-state index contributed by atoms with van der Waals surface area (Å²) in [6, 6.07) is 19.9. The number of hydrogen-bond donors (Lipinski definition) is 2. The largest absolute Gasteiger partial charge is 0.436 e. The summed E-state index contributed by atoms with van der Waals surface area (Å²) >= 11 is 11.6. The third-order valence-corrected chi connectivity index (χ3v) is 5.45. The molecule has 0 aliphatic carbocycles. The first-order valence-electron chi connectivity index (χ1n) is 9.69. The fourth-order valence-electron chi connectivity index (χ4n) is 3.43. The number of hydrogen-bond acceptors (Lipinski definition) is 5. The highest BCUT2D eigenvalue weighted by Gasteiger charge is 2.14. The van der Waals surface area contributed by atoms with Crippen molar-refractivity contribution in [2.45, 2.75) is 0 Å². The molecule has 0 atom stereocenters. The Morgan fingerprint density at radius 3 is 2.59 bits per heavy atom. The van der Waals surface area contributed by atoms with Crippen LogP contribution in [0.5, 0.6) is 0 Å². The number of amides is 1. The van der Waals surface area contributed by atoms with Crippen LogP contribution in [0.15, 0.2) is 83.5 Å². The zero-order valence-corrected chi connectivity index (χ0v) is 18.1. The Morgan fingerprint density at radius 2 is 1.75 bits per heavy atom. The van der Waals surface area contributed by atoms with Gasteiger partial charge in [-0.3, -0.25) is 15.1 Å². The molecule has 2 N–H and O–H groups in total. The predicted molar refractivity (Wildman–Crippen MR) is 130 cm³/mol. The van der Waals surface area contributed by atoms with E-state index in [-0.39, 0.29) is 11.0 Å². The van der Waals surface area contributed by atoms with E-state index in [1.807, 2.05) is 30.3 Å². The second kappa shape index (κ2) is 8.37. The van der Waals surface area contributed by atoms with Gasteiger partial charge in [-0.25, -0.2) is 4.98 Å². The summed E-state index contributed by atoms with van der Waals surface area (Å²) < 4.78 is 5.81. The Hall–Kier alpha value is -3.81. The molecule has 2 aromatic heterocycles. The van der Waals surface area contributed by atoms with Crippen LogP contribution in [0.2, 0.25) is 5.02 Å². The zero-order chi connectivity index (χ0) is 22.1. The fraction of sp³-hybridized carbons (Fsp3) is 0. The summed E-state index contributed by atoms with van der Waals surface area (Å²) in [6.45, 7) is 0. The molecule has 32 heavy (non-hydrogen) atoms. The number of thiocarbonyl (C=S) groups is 1. The van der Waals surface area contributed by atoms with Gasteiger partial charge in [-0.05, 0) is 60.1 Å². The molecule has 8 heteroatoms. The number of aromatic nitrogens is 2. The van der Waals surface area contributed by atoms with Gasteiger partial charge >= 0.3 is 0 Å². The fourth-order valence-corrected chi connectivity index (χ4v) is 3.87. The average molecular weight is 459 g/mol. The molecule has 3 aromatic carbocycles. The van der Waals surface area contributed by atoms with Gasteiger partial charge < -0.3 is 9.73 Å². The molecule has 1 amide bonds. The Labute approximate surface area is 193 Å². The Balaban J connectivity index is 1.34. The van der Waals surface area contributed by atoms with E-state index >= 15 is 0 Å². The second-order valence-corrected chi connectivity index (χ2v) is 7.80. The van der Waals surface area contributed by atoms with Crippen molar-refractivity contribution in [1.29, 1.82) is 0 Å². The molecular formula is C24H15ClN4O2S. The molecule has 6 nitrogen and oxygen atoms in total. The zero-order valence-electron chi connectivity index (χ0n) is 16.5. The smallest absolute Gasteiger partial charge is 0.258 e. The van der Waals surface area contributed by atoms with Gasteiger partial charge in [0.25, 0.3) is 5.91 Å². The molecule has 0 aliphatic rings. The maximum absolute atomic E-state index is 12.8. The van der Waals surface area contributed by atoms with E-state index in [0.717, 1.165) is 16.3 Å². The van der Waals surface area contributed by atoms with Crippen LogP contribution in [0, 0.1) is 0 Å². The highest BCUT2D eigenvalue weighted by Crippen LogP contribution is 2.27. The molecule has 0 saturated heterocycles. The number of anilines is 1. The highest BCUT2D eigenvalue weighted by atomic mass is 35.5. The van der Waals surface area contributed by atoms with Crippen LogP contribution in [-0.2, 0) is 0 Å². The Morgan fingerprint density at radius 1 is 0.969 bits per heavy atom. The molecule has 5 rings (SSSR count). The van der Waals surface area contributed by atoms with Gasteiger partial charge in [-0.2, -0.15) is 0 Å². The van der Waals surface area contributed by atoms with Gasteiger partial charge in [-0.1, -0.05) is 35.9 Å². The van der Waals surface area contributed by atoms with Crippen molar-refractivity contribution in [1.82, 2.24) is 15.3 Å². The van der Waals surface area contributed by atoms with Gasteiger partial charge in [0.1, 0.15) is 5.52 Å². The van der Waals surface area contributed by atoms with Crippen molar-refractivity contribution in [2.24, 2.45) is 0 Å². The van der Waals surface area contributed by atoms with Gasteiger partial charge in [0.05, 0.1) is 0 Å². The summed E-state index contributed by atoms with van der Waals surface area (Å²) in [6.07, 6.45) is 3.37. The number of benzene rings is 3. The molecule has 2 heterocycles. The van der Waals surface area contributed by atoms with E-state index in [4.69, 9.17) is 28.2 Å². The lowest BCUT2D eigenvalue weighted by atomic mass is 10.0. The van der Waals surface area contributed by atoms with Crippen LogP contribution in [0.25, 0.3) is 33.3 Å². The van der Waals surface area contributed by atoms with Crippen LogP contribution in [0.1, 0.15) is 10.4 Å². The van der Waals surface area contributed by atoms with Gasteiger partial charge in [0.15, 0.2) is 10.7 Å². The van der Waals surface area contributed by atoms with Crippen LogP contribution >= 0.6 is 23.8 Å². The monoisotopic (exact) mass is 458 g/mol. The molecule has 5 aromatic rings. The first-order chi connectivity index (χ1) is 15.6. The van der Waals surface area contributed by atoms with E-state index in [1.165, 1.54) is 0 Å². The molecule has 0 radical (unpaired) electrons. The lowest BCUT2D eigenvalue weighted by Crippen LogP contribution is -2.34. The van der Waals surface area contributed by atoms with Crippen LogP contribution in [-0.4, -0.2) is 21.0 Å². The van der Waals surface area contributed by atoms with E-state index in [0.29, 0.717) is 33.3 Å². The number of carbonyl (C=O) groups is 1. The molecule has 156 valence electrons. The number of nitrogens with zero attached hydrogens (tertiary/aromatic N) is 2. The lowest BCUT2D eigenvalue weighted by molar-refractivity contribution is 0.0979. The third kappa shape index (κ3) is 3.91. The summed E-state index contributed by atoms with van der Waals surface area (Å²) in [5.74, 6) is 0.183. The summed E-state index contributed by atoms with van der Waals surface area (Å²) in [5.41, 5.74) is 3.31. The van der Waals surface area contributed by atoms with Crippen LogP contribution in [0.3, 0.4) is 0 Å². The molecule has 0 unspecified atom stereocenters. The topological polar surface area (TPSA) is 80.0 Å². The van der Waals surface area contributed by atoms with Crippen molar-refractivity contribution in [3.8, 4) is 11.5 Å². The normalized spacial score (nSPS) is 10.9. The number of rotatable bonds is 3. The Bertz CT molecular complexity index is 1480. The first-order valence-corrected chi connectivity index (χ1v) is 10.5. The standard InChI is InChI=1S/C24H15ClN4O2S/c25-19-6-2-3-16-17(19)4-1-5-18(16)22(30)29-24(32)27-15-7-8-21-20(13-15)28-23(31-21)14-9-11-26-12-10-14/h1-13H,(H2,27,29,30,32). The molecule has 0 bridgehead atoms. The summed E-state index contributed by atoms with van der Waals surface area (Å²) in [4.78, 5) is 21.4. The number of carbonyl (C=O) groups excluding carboxylic acids is 1. The number of oxazole rings is 1. The van der Waals surface area contributed by atoms with Crippen molar-refractivity contribution in [3.63, 3.8) is 0 Å². The maximum atomic E-state index is 12.8. The SMILES string of the molecule is O=C(NC(=S)Nc1ccc2oc(-c3ccncc3)nc2c1)c1cccc2c(Cl)cccc12. The van der Waals surface area contributed by atoms with E-state index in [2.05, 4.69) is 20.6 Å². The van der Waals surface area contributed by atoms with Crippen LogP contribution < -0.4 is 10.6 Å². The Kier molecular flexibility index (Phi) is 5.26. The van der Waals surface area contributed by atoms with Gasteiger partial charge in [0, 0.05) is 39.6 Å². The van der Waals surface area contributed by atoms with E-state index in [9.17, 15) is 4.79 Å².